The quantitative estimate of drug-likeness (QED) is 0.613. The van der Waals surface area contributed by atoms with Crippen LogP contribution in [0.15, 0.2) is 24.3 Å². The molecular weight excluding hydrogens is 380 g/mol. The molecule has 4 rings (SSSR count). The van der Waals surface area contributed by atoms with Crippen molar-refractivity contribution in [3.63, 3.8) is 0 Å². The number of hydrogen-bond donors (Lipinski definition) is 1. The molecular formula is C22H30N6S. The van der Waals surface area contributed by atoms with Crippen LogP contribution in [0.25, 0.3) is 16.6 Å². The number of thiocarbonyl (C=S) groups is 1. The lowest BCUT2D eigenvalue weighted by molar-refractivity contribution is 0.300. The summed E-state index contributed by atoms with van der Waals surface area (Å²) in [4.78, 5) is 2.37. The highest BCUT2D eigenvalue weighted by atomic mass is 32.1. The number of rotatable bonds is 6. The third-order valence-electron chi connectivity index (χ3n) is 6.16. The van der Waals surface area contributed by atoms with E-state index in [4.69, 9.17) is 12.2 Å². The number of benzene rings is 1. The molecule has 29 heavy (non-hydrogen) atoms. The Balaban J connectivity index is 1.73. The Kier molecular flexibility index (Phi) is 5.94. The highest BCUT2D eigenvalue weighted by molar-refractivity contribution is 7.80. The van der Waals surface area contributed by atoms with Crippen LogP contribution in [0, 0.1) is 0 Å². The molecule has 6 nitrogen and oxygen atoms in total. The van der Waals surface area contributed by atoms with Crippen molar-refractivity contribution in [3.8, 4) is 0 Å². The molecule has 2 heterocycles. The minimum atomic E-state index is 0.366. The predicted molar refractivity (Wildman–Crippen MR) is 121 cm³/mol. The molecule has 1 N–H and O–H groups in total. The third kappa shape index (κ3) is 4.06. The van der Waals surface area contributed by atoms with Crippen LogP contribution in [0.4, 0.5) is 0 Å². The zero-order chi connectivity index (χ0) is 20.4. The van der Waals surface area contributed by atoms with Crippen LogP contribution < -0.4 is 5.32 Å². The van der Waals surface area contributed by atoms with Crippen molar-refractivity contribution < 1.29 is 0 Å². The van der Waals surface area contributed by atoms with Crippen molar-refractivity contribution in [2.45, 2.75) is 77.9 Å². The van der Waals surface area contributed by atoms with Crippen LogP contribution in [0.1, 0.15) is 64.0 Å². The van der Waals surface area contributed by atoms with Gasteiger partial charge in [-0.15, -0.1) is 5.10 Å². The van der Waals surface area contributed by atoms with Crippen LogP contribution in [-0.4, -0.2) is 42.1 Å². The Bertz CT molecular complexity index is 1010. The Morgan fingerprint density at radius 1 is 1.28 bits per heavy atom. The second-order valence-electron chi connectivity index (χ2n) is 8.16. The van der Waals surface area contributed by atoms with Crippen LogP contribution in [-0.2, 0) is 13.0 Å². The molecule has 2 aromatic heterocycles. The summed E-state index contributed by atoms with van der Waals surface area (Å²) >= 11 is 5.85. The van der Waals surface area contributed by atoms with Gasteiger partial charge < -0.3 is 10.2 Å². The number of aromatic nitrogens is 4. The van der Waals surface area contributed by atoms with Gasteiger partial charge in [0.05, 0.1) is 5.52 Å². The highest BCUT2D eigenvalue weighted by Crippen LogP contribution is 2.28. The van der Waals surface area contributed by atoms with E-state index in [-0.39, 0.29) is 0 Å². The molecule has 1 aromatic carbocycles. The van der Waals surface area contributed by atoms with Crippen molar-refractivity contribution >= 4 is 33.9 Å². The van der Waals surface area contributed by atoms with Crippen LogP contribution >= 0.6 is 12.2 Å². The third-order valence-corrected chi connectivity index (χ3v) is 6.52. The van der Waals surface area contributed by atoms with E-state index in [1.54, 1.807) is 0 Å². The van der Waals surface area contributed by atoms with Gasteiger partial charge in [0.15, 0.2) is 10.8 Å². The fourth-order valence-electron chi connectivity index (χ4n) is 4.21. The van der Waals surface area contributed by atoms with Gasteiger partial charge in [-0.25, -0.2) is 0 Å². The molecule has 154 valence electrons. The molecule has 1 unspecified atom stereocenters. The SMILES string of the molecule is CCc1ccc2c(c1)cc(CN(C(=S)NC(C)CC)C1CCCC1)c1nnnn12. The van der Waals surface area contributed by atoms with E-state index in [1.165, 1.54) is 36.6 Å². The number of pyridine rings is 1. The molecule has 1 atom stereocenters. The molecule has 0 amide bonds. The lowest BCUT2D eigenvalue weighted by Gasteiger charge is -2.33. The Labute approximate surface area is 177 Å². The Morgan fingerprint density at radius 2 is 2.07 bits per heavy atom. The highest BCUT2D eigenvalue weighted by Gasteiger charge is 2.26. The number of hydrogen-bond acceptors (Lipinski definition) is 4. The van der Waals surface area contributed by atoms with Gasteiger partial charge in [0, 0.05) is 29.6 Å². The summed E-state index contributed by atoms with van der Waals surface area (Å²) in [6.07, 6.45) is 6.98. The molecule has 1 saturated carbocycles. The topological polar surface area (TPSA) is 58.3 Å². The van der Waals surface area contributed by atoms with E-state index in [9.17, 15) is 0 Å². The molecule has 0 saturated heterocycles. The van der Waals surface area contributed by atoms with Crippen molar-refractivity contribution in [3.05, 3.63) is 35.4 Å². The van der Waals surface area contributed by atoms with Crippen LogP contribution in [0.3, 0.4) is 0 Å². The minimum absolute atomic E-state index is 0.366. The standard InChI is InChI=1S/C22H30N6S/c1-4-15(3)23-22(29)27(19-8-6-7-9-19)14-18-13-17-12-16(5-2)10-11-20(17)28-21(18)24-25-26-28/h10-13,15,19H,4-9,14H2,1-3H3,(H,23,29). The first-order valence-electron chi connectivity index (χ1n) is 10.8. The number of tetrazole rings is 1. The fraction of sp³-hybridized carbons (Fsp3) is 0.545. The largest absolute Gasteiger partial charge is 0.360 e. The number of fused-ring (bicyclic) bond motifs is 3. The summed E-state index contributed by atoms with van der Waals surface area (Å²) in [7, 11) is 0. The zero-order valence-corrected chi connectivity index (χ0v) is 18.4. The van der Waals surface area contributed by atoms with Gasteiger partial charge in [0.2, 0.25) is 0 Å². The van der Waals surface area contributed by atoms with Crippen molar-refractivity contribution in [2.24, 2.45) is 0 Å². The average Bonchev–Trinajstić information content (AvgIpc) is 3.43. The molecule has 1 fully saturated rings. The van der Waals surface area contributed by atoms with Gasteiger partial charge in [-0.3, -0.25) is 0 Å². The second kappa shape index (κ2) is 8.61. The molecule has 3 aromatic rings. The first-order chi connectivity index (χ1) is 14.1. The van der Waals surface area contributed by atoms with E-state index in [2.05, 4.69) is 70.8 Å². The molecule has 1 aliphatic carbocycles. The van der Waals surface area contributed by atoms with Gasteiger partial charge >= 0.3 is 0 Å². The molecule has 0 bridgehead atoms. The predicted octanol–water partition coefficient (Wildman–Crippen LogP) is 4.26. The second-order valence-corrected chi connectivity index (χ2v) is 8.54. The van der Waals surface area contributed by atoms with Crippen LogP contribution in [0.2, 0.25) is 0 Å². The average molecular weight is 411 g/mol. The van der Waals surface area contributed by atoms with Gasteiger partial charge in [-0.05, 0) is 79.0 Å². The van der Waals surface area contributed by atoms with E-state index in [1.807, 2.05) is 4.52 Å². The van der Waals surface area contributed by atoms with Crippen molar-refractivity contribution in [1.29, 1.82) is 0 Å². The molecule has 0 aliphatic heterocycles. The van der Waals surface area contributed by atoms with E-state index >= 15 is 0 Å². The van der Waals surface area contributed by atoms with Gasteiger partial charge in [-0.2, -0.15) is 4.52 Å². The van der Waals surface area contributed by atoms with Crippen LogP contribution in [0.5, 0.6) is 0 Å². The molecule has 1 aliphatic rings. The maximum atomic E-state index is 5.85. The number of nitrogens with one attached hydrogen (secondary N) is 1. The number of aryl methyl sites for hydroxylation is 1. The zero-order valence-electron chi connectivity index (χ0n) is 17.6. The van der Waals surface area contributed by atoms with Crippen molar-refractivity contribution in [2.75, 3.05) is 0 Å². The molecule has 0 spiro atoms. The lowest BCUT2D eigenvalue weighted by atomic mass is 10.1. The normalized spacial score (nSPS) is 15.8. The Morgan fingerprint density at radius 3 is 2.79 bits per heavy atom. The minimum Gasteiger partial charge on any atom is -0.360 e. The fourth-order valence-corrected chi connectivity index (χ4v) is 4.63. The smallest absolute Gasteiger partial charge is 0.184 e. The van der Waals surface area contributed by atoms with Gasteiger partial charge in [0.1, 0.15) is 0 Å². The summed E-state index contributed by atoms with van der Waals surface area (Å²) < 4.78 is 1.86. The maximum Gasteiger partial charge on any atom is 0.184 e. The van der Waals surface area contributed by atoms with Gasteiger partial charge in [0.25, 0.3) is 0 Å². The lowest BCUT2D eigenvalue weighted by Crippen LogP contribution is -2.47. The van der Waals surface area contributed by atoms with Gasteiger partial charge in [-0.1, -0.05) is 32.8 Å². The Hall–Kier alpha value is -2.28. The van der Waals surface area contributed by atoms with E-state index in [0.717, 1.165) is 41.2 Å². The maximum absolute atomic E-state index is 5.85. The first-order valence-corrected chi connectivity index (χ1v) is 11.2. The molecule has 7 heteroatoms. The first kappa shape index (κ1) is 20.0. The summed E-state index contributed by atoms with van der Waals surface area (Å²) in [5.41, 5.74) is 4.29. The van der Waals surface area contributed by atoms with E-state index < -0.39 is 0 Å². The monoisotopic (exact) mass is 410 g/mol. The van der Waals surface area contributed by atoms with Crippen molar-refractivity contribution in [1.82, 2.24) is 30.3 Å². The molecule has 0 radical (unpaired) electrons. The summed E-state index contributed by atoms with van der Waals surface area (Å²) in [6.45, 7) is 7.27. The summed E-state index contributed by atoms with van der Waals surface area (Å²) in [6, 6.07) is 9.60. The van der Waals surface area contributed by atoms with E-state index in [0.29, 0.717) is 12.1 Å². The number of nitrogens with zero attached hydrogens (tertiary/aromatic N) is 5. The summed E-state index contributed by atoms with van der Waals surface area (Å²) in [5.74, 6) is 0. The summed E-state index contributed by atoms with van der Waals surface area (Å²) in [5, 5.41) is 18.1.